The summed E-state index contributed by atoms with van der Waals surface area (Å²) in [7, 11) is 0. The van der Waals surface area contributed by atoms with Crippen LogP contribution in [0.5, 0.6) is 0 Å². The molecule has 1 aromatic heterocycles. The number of anilines is 1. The Bertz CT molecular complexity index is 319. The topological polar surface area (TPSA) is 29.9 Å². The SMILES string of the molecule is CCCn1nccc1NC1CCCCC1C. The molecule has 2 atom stereocenters. The minimum atomic E-state index is 0.640. The van der Waals surface area contributed by atoms with Gasteiger partial charge in [0.05, 0.1) is 6.20 Å². The van der Waals surface area contributed by atoms with Crippen LogP contribution in [0.2, 0.25) is 0 Å². The van der Waals surface area contributed by atoms with E-state index in [1.165, 1.54) is 31.5 Å². The average molecular weight is 221 g/mol. The lowest BCUT2D eigenvalue weighted by Crippen LogP contribution is -2.31. The van der Waals surface area contributed by atoms with Crippen LogP contribution in [-0.2, 0) is 6.54 Å². The van der Waals surface area contributed by atoms with Gasteiger partial charge in [-0.05, 0) is 25.2 Å². The van der Waals surface area contributed by atoms with E-state index in [2.05, 4.69) is 35.0 Å². The first-order chi connectivity index (χ1) is 7.81. The van der Waals surface area contributed by atoms with Crippen molar-refractivity contribution in [1.29, 1.82) is 0 Å². The molecule has 0 radical (unpaired) electrons. The molecule has 1 aliphatic rings. The Morgan fingerprint density at radius 2 is 2.25 bits per heavy atom. The largest absolute Gasteiger partial charge is 0.367 e. The summed E-state index contributed by atoms with van der Waals surface area (Å²) in [6.45, 7) is 5.56. The molecule has 0 spiro atoms. The number of nitrogens with one attached hydrogen (secondary N) is 1. The van der Waals surface area contributed by atoms with Gasteiger partial charge in [0.15, 0.2) is 0 Å². The number of nitrogens with zero attached hydrogens (tertiary/aromatic N) is 2. The molecule has 3 heteroatoms. The summed E-state index contributed by atoms with van der Waals surface area (Å²) < 4.78 is 2.08. The van der Waals surface area contributed by atoms with Crippen LogP contribution >= 0.6 is 0 Å². The van der Waals surface area contributed by atoms with E-state index in [0.29, 0.717) is 6.04 Å². The lowest BCUT2D eigenvalue weighted by molar-refractivity contribution is 0.347. The summed E-state index contributed by atoms with van der Waals surface area (Å²) in [5, 5.41) is 8.02. The molecule has 1 fully saturated rings. The summed E-state index contributed by atoms with van der Waals surface area (Å²) in [5.41, 5.74) is 0. The molecule has 90 valence electrons. The third-order valence-corrected chi connectivity index (χ3v) is 3.60. The van der Waals surface area contributed by atoms with Gasteiger partial charge in [0.1, 0.15) is 5.82 Å². The first-order valence-corrected chi connectivity index (χ1v) is 6.59. The van der Waals surface area contributed by atoms with Crippen LogP contribution in [0.4, 0.5) is 5.82 Å². The van der Waals surface area contributed by atoms with Gasteiger partial charge in [-0.15, -0.1) is 0 Å². The molecule has 1 aromatic rings. The Hall–Kier alpha value is -0.990. The lowest BCUT2D eigenvalue weighted by atomic mass is 9.86. The molecule has 0 amide bonds. The predicted molar refractivity (Wildman–Crippen MR) is 67.6 cm³/mol. The molecule has 1 aliphatic carbocycles. The van der Waals surface area contributed by atoms with Crippen molar-refractivity contribution in [3.05, 3.63) is 12.3 Å². The third kappa shape index (κ3) is 2.57. The monoisotopic (exact) mass is 221 g/mol. The van der Waals surface area contributed by atoms with E-state index in [1.807, 2.05) is 6.20 Å². The Labute approximate surface area is 98.2 Å². The van der Waals surface area contributed by atoms with Crippen molar-refractivity contribution in [2.45, 2.75) is 58.5 Å². The fraction of sp³-hybridized carbons (Fsp3) is 0.769. The van der Waals surface area contributed by atoms with Crippen LogP contribution in [0.15, 0.2) is 12.3 Å². The van der Waals surface area contributed by atoms with Crippen molar-refractivity contribution in [3.63, 3.8) is 0 Å². The van der Waals surface area contributed by atoms with Crippen molar-refractivity contribution in [1.82, 2.24) is 9.78 Å². The van der Waals surface area contributed by atoms with Gasteiger partial charge in [-0.1, -0.05) is 26.7 Å². The fourth-order valence-electron chi connectivity index (χ4n) is 2.57. The molecule has 2 rings (SSSR count). The average Bonchev–Trinajstić information content (AvgIpc) is 2.70. The van der Waals surface area contributed by atoms with Crippen molar-refractivity contribution in [2.24, 2.45) is 5.92 Å². The van der Waals surface area contributed by atoms with E-state index in [0.717, 1.165) is 18.9 Å². The number of rotatable bonds is 4. The summed E-state index contributed by atoms with van der Waals surface area (Å²) in [6, 6.07) is 2.73. The van der Waals surface area contributed by atoms with E-state index in [4.69, 9.17) is 0 Å². The summed E-state index contributed by atoms with van der Waals surface area (Å²) >= 11 is 0. The molecule has 0 aromatic carbocycles. The maximum atomic E-state index is 4.35. The van der Waals surface area contributed by atoms with Crippen LogP contribution in [0, 0.1) is 5.92 Å². The van der Waals surface area contributed by atoms with Gasteiger partial charge in [0, 0.05) is 18.7 Å². The second-order valence-electron chi connectivity index (χ2n) is 4.95. The number of hydrogen-bond donors (Lipinski definition) is 1. The Morgan fingerprint density at radius 3 is 3.00 bits per heavy atom. The zero-order chi connectivity index (χ0) is 11.4. The molecular formula is C13H23N3. The smallest absolute Gasteiger partial charge is 0.124 e. The highest BCUT2D eigenvalue weighted by atomic mass is 15.3. The second kappa shape index (κ2) is 5.37. The zero-order valence-electron chi connectivity index (χ0n) is 10.4. The van der Waals surface area contributed by atoms with E-state index >= 15 is 0 Å². The number of aryl methyl sites for hydroxylation is 1. The number of aromatic nitrogens is 2. The minimum absolute atomic E-state index is 0.640. The zero-order valence-corrected chi connectivity index (χ0v) is 10.4. The first-order valence-electron chi connectivity index (χ1n) is 6.59. The molecule has 0 aliphatic heterocycles. The van der Waals surface area contributed by atoms with E-state index in [9.17, 15) is 0 Å². The Kier molecular flexibility index (Phi) is 3.86. The van der Waals surface area contributed by atoms with Crippen molar-refractivity contribution in [3.8, 4) is 0 Å². The van der Waals surface area contributed by atoms with Crippen LogP contribution in [0.1, 0.15) is 46.0 Å². The van der Waals surface area contributed by atoms with Crippen LogP contribution in [0.3, 0.4) is 0 Å². The van der Waals surface area contributed by atoms with Crippen LogP contribution in [0.25, 0.3) is 0 Å². The van der Waals surface area contributed by atoms with Gasteiger partial charge < -0.3 is 5.32 Å². The Balaban J connectivity index is 1.99. The van der Waals surface area contributed by atoms with Crippen molar-refractivity contribution >= 4 is 5.82 Å². The highest BCUT2D eigenvalue weighted by Gasteiger charge is 2.21. The second-order valence-corrected chi connectivity index (χ2v) is 4.95. The van der Waals surface area contributed by atoms with Crippen LogP contribution < -0.4 is 5.32 Å². The molecule has 3 nitrogen and oxygen atoms in total. The molecule has 1 N–H and O–H groups in total. The predicted octanol–water partition coefficient (Wildman–Crippen LogP) is 3.28. The molecule has 0 bridgehead atoms. The molecule has 0 saturated heterocycles. The maximum absolute atomic E-state index is 4.35. The van der Waals surface area contributed by atoms with Gasteiger partial charge in [0.2, 0.25) is 0 Å². The van der Waals surface area contributed by atoms with Gasteiger partial charge >= 0.3 is 0 Å². The quantitative estimate of drug-likeness (QED) is 0.845. The maximum Gasteiger partial charge on any atom is 0.124 e. The van der Waals surface area contributed by atoms with Gasteiger partial charge in [-0.2, -0.15) is 5.10 Å². The van der Waals surface area contributed by atoms with Crippen LogP contribution in [-0.4, -0.2) is 15.8 Å². The third-order valence-electron chi connectivity index (χ3n) is 3.60. The number of hydrogen-bond acceptors (Lipinski definition) is 2. The summed E-state index contributed by atoms with van der Waals surface area (Å²) in [5.74, 6) is 1.99. The van der Waals surface area contributed by atoms with E-state index < -0.39 is 0 Å². The molecule has 1 heterocycles. The molecular weight excluding hydrogens is 198 g/mol. The minimum Gasteiger partial charge on any atom is -0.367 e. The van der Waals surface area contributed by atoms with Gasteiger partial charge in [-0.3, -0.25) is 0 Å². The first kappa shape index (κ1) is 11.5. The molecule has 16 heavy (non-hydrogen) atoms. The normalized spacial score (nSPS) is 25.6. The summed E-state index contributed by atoms with van der Waals surface area (Å²) in [6.07, 6.45) is 8.46. The standard InChI is InChI=1S/C13H23N3/c1-3-10-16-13(8-9-14-16)15-12-7-5-4-6-11(12)2/h8-9,11-12,15H,3-7,10H2,1-2H3. The summed E-state index contributed by atoms with van der Waals surface area (Å²) in [4.78, 5) is 0. The molecule has 1 saturated carbocycles. The van der Waals surface area contributed by atoms with Gasteiger partial charge in [0.25, 0.3) is 0 Å². The van der Waals surface area contributed by atoms with Crippen molar-refractivity contribution in [2.75, 3.05) is 5.32 Å². The van der Waals surface area contributed by atoms with E-state index in [1.54, 1.807) is 0 Å². The Morgan fingerprint density at radius 1 is 1.44 bits per heavy atom. The van der Waals surface area contributed by atoms with Gasteiger partial charge in [-0.25, -0.2) is 4.68 Å². The highest BCUT2D eigenvalue weighted by Crippen LogP contribution is 2.26. The van der Waals surface area contributed by atoms with E-state index in [-0.39, 0.29) is 0 Å². The fourth-order valence-corrected chi connectivity index (χ4v) is 2.57. The lowest BCUT2D eigenvalue weighted by Gasteiger charge is -2.30. The van der Waals surface area contributed by atoms with Crippen molar-refractivity contribution < 1.29 is 0 Å². The molecule has 2 unspecified atom stereocenters. The highest BCUT2D eigenvalue weighted by molar-refractivity contribution is 5.35.